The molecule has 0 aliphatic rings. The number of hydrogen-bond acceptors (Lipinski definition) is 7. The Labute approximate surface area is 167 Å². The molecule has 0 aliphatic heterocycles. The number of anilines is 1. The van der Waals surface area contributed by atoms with Crippen LogP contribution in [0.15, 0.2) is 35.6 Å². The van der Waals surface area contributed by atoms with Crippen LogP contribution in [-0.2, 0) is 16.1 Å². The van der Waals surface area contributed by atoms with E-state index in [-0.39, 0.29) is 23.9 Å². The zero-order valence-electron chi connectivity index (χ0n) is 15.1. The molecule has 0 saturated carbocycles. The van der Waals surface area contributed by atoms with E-state index in [2.05, 4.69) is 15.3 Å². The van der Waals surface area contributed by atoms with Crippen LogP contribution in [0.1, 0.15) is 36.2 Å². The number of nitrogens with one attached hydrogen (secondary N) is 1. The number of nitrogens with zero attached hydrogens (tertiary/aromatic N) is 2. The predicted octanol–water partition coefficient (Wildman–Crippen LogP) is 3.08. The van der Waals surface area contributed by atoms with Gasteiger partial charge in [-0.05, 0) is 25.0 Å². The van der Waals surface area contributed by atoms with Gasteiger partial charge in [0.2, 0.25) is 5.91 Å². The number of rotatable bonds is 8. The Balaban J connectivity index is 2.01. The summed E-state index contributed by atoms with van der Waals surface area (Å²) >= 11 is 7.29. The fourth-order valence-corrected chi connectivity index (χ4v) is 3.27. The average Bonchev–Trinajstić information content (AvgIpc) is 2.65. The Hall–Kier alpha value is -2.32. The smallest absolute Gasteiger partial charge is 0.343 e. The number of benzene rings is 1. The number of carbonyl (C=O) groups excluding carboxylic acids is 2. The molecule has 0 spiro atoms. The SMILES string of the molecule is CCOC(=O)c1cnc(S[C@@H](CC)C(=O)NCc2ccccc2Cl)nc1N. The number of thioether (sulfide) groups is 1. The van der Waals surface area contributed by atoms with Gasteiger partial charge in [-0.15, -0.1) is 0 Å². The van der Waals surface area contributed by atoms with E-state index in [4.69, 9.17) is 22.1 Å². The Morgan fingerprint density at radius 2 is 2.07 bits per heavy atom. The highest BCUT2D eigenvalue weighted by Crippen LogP contribution is 2.24. The van der Waals surface area contributed by atoms with Crippen LogP contribution in [0.4, 0.5) is 5.82 Å². The van der Waals surface area contributed by atoms with Crippen LogP contribution >= 0.6 is 23.4 Å². The van der Waals surface area contributed by atoms with Crippen LogP contribution < -0.4 is 11.1 Å². The van der Waals surface area contributed by atoms with Gasteiger partial charge in [-0.25, -0.2) is 14.8 Å². The third kappa shape index (κ3) is 5.83. The summed E-state index contributed by atoms with van der Waals surface area (Å²) in [6, 6.07) is 7.33. The first-order valence-corrected chi connectivity index (χ1v) is 9.69. The van der Waals surface area contributed by atoms with Gasteiger partial charge in [-0.1, -0.05) is 48.5 Å². The van der Waals surface area contributed by atoms with Crippen molar-refractivity contribution in [2.24, 2.45) is 0 Å². The molecule has 9 heteroatoms. The van der Waals surface area contributed by atoms with E-state index >= 15 is 0 Å². The van der Waals surface area contributed by atoms with E-state index in [1.165, 1.54) is 18.0 Å². The molecule has 1 atom stereocenters. The minimum absolute atomic E-state index is 0.0253. The zero-order chi connectivity index (χ0) is 19.8. The molecular formula is C18H21ClN4O3S. The fourth-order valence-electron chi connectivity index (χ4n) is 2.19. The van der Waals surface area contributed by atoms with Crippen molar-refractivity contribution >= 4 is 41.1 Å². The molecule has 0 fully saturated rings. The summed E-state index contributed by atoms with van der Waals surface area (Å²) in [5, 5.41) is 3.39. The molecule has 1 amide bonds. The summed E-state index contributed by atoms with van der Waals surface area (Å²) in [7, 11) is 0. The molecule has 27 heavy (non-hydrogen) atoms. The third-order valence-electron chi connectivity index (χ3n) is 3.61. The summed E-state index contributed by atoms with van der Waals surface area (Å²) < 4.78 is 4.89. The van der Waals surface area contributed by atoms with Crippen molar-refractivity contribution in [3.05, 3.63) is 46.6 Å². The van der Waals surface area contributed by atoms with E-state index in [1.807, 2.05) is 25.1 Å². The Morgan fingerprint density at radius 3 is 2.70 bits per heavy atom. The molecule has 144 valence electrons. The summed E-state index contributed by atoms with van der Waals surface area (Å²) in [5.41, 5.74) is 6.76. The molecule has 1 heterocycles. The lowest BCUT2D eigenvalue weighted by molar-refractivity contribution is -0.120. The van der Waals surface area contributed by atoms with Crippen molar-refractivity contribution in [2.45, 2.75) is 37.2 Å². The molecule has 0 radical (unpaired) electrons. The molecule has 1 aromatic carbocycles. The quantitative estimate of drug-likeness (QED) is 0.392. The highest BCUT2D eigenvalue weighted by atomic mass is 35.5. The Kier molecular flexibility index (Phi) is 7.87. The molecule has 0 unspecified atom stereocenters. The van der Waals surface area contributed by atoms with Gasteiger partial charge in [0.05, 0.1) is 11.9 Å². The van der Waals surface area contributed by atoms with Gasteiger partial charge in [0, 0.05) is 17.8 Å². The highest BCUT2D eigenvalue weighted by molar-refractivity contribution is 8.00. The number of aromatic nitrogens is 2. The van der Waals surface area contributed by atoms with E-state index < -0.39 is 11.2 Å². The second-order valence-corrected chi connectivity index (χ2v) is 7.07. The molecule has 2 aromatic rings. The van der Waals surface area contributed by atoms with Crippen LogP contribution in [0.3, 0.4) is 0 Å². The van der Waals surface area contributed by atoms with Gasteiger partial charge in [0.25, 0.3) is 0 Å². The van der Waals surface area contributed by atoms with Crippen LogP contribution in [0.2, 0.25) is 5.02 Å². The largest absolute Gasteiger partial charge is 0.462 e. The van der Waals surface area contributed by atoms with Crippen LogP contribution in [0.25, 0.3) is 0 Å². The Morgan fingerprint density at radius 1 is 1.33 bits per heavy atom. The van der Waals surface area contributed by atoms with Crippen LogP contribution in [-0.4, -0.2) is 33.7 Å². The number of hydrogen-bond donors (Lipinski definition) is 2. The lowest BCUT2D eigenvalue weighted by Gasteiger charge is -2.14. The van der Waals surface area contributed by atoms with Crippen molar-refractivity contribution in [1.82, 2.24) is 15.3 Å². The number of amides is 1. The van der Waals surface area contributed by atoms with Crippen molar-refractivity contribution in [3.8, 4) is 0 Å². The molecule has 3 N–H and O–H groups in total. The minimum Gasteiger partial charge on any atom is -0.462 e. The summed E-state index contributed by atoms with van der Waals surface area (Å²) in [6.07, 6.45) is 1.89. The predicted molar refractivity (Wildman–Crippen MR) is 106 cm³/mol. The number of ether oxygens (including phenoxy) is 1. The van der Waals surface area contributed by atoms with E-state index in [0.717, 1.165) is 5.56 Å². The first-order valence-electron chi connectivity index (χ1n) is 8.43. The monoisotopic (exact) mass is 408 g/mol. The van der Waals surface area contributed by atoms with Crippen LogP contribution in [0.5, 0.6) is 0 Å². The van der Waals surface area contributed by atoms with Gasteiger partial charge in [-0.3, -0.25) is 4.79 Å². The van der Waals surface area contributed by atoms with Gasteiger partial charge in [-0.2, -0.15) is 0 Å². The number of esters is 1. The number of nitrogen functional groups attached to an aromatic ring is 1. The number of halogens is 1. The summed E-state index contributed by atoms with van der Waals surface area (Å²) in [6.45, 7) is 4.16. The van der Waals surface area contributed by atoms with Gasteiger partial charge < -0.3 is 15.8 Å². The Bertz CT molecular complexity index is 819. The number of carbonyl (C=O) groups is 2. The normalized spacial score (nSPS) is 11.7. The van der Waals surface area contributed by atoms with Gasteiger partial charge >= 0.3 is 5.97 Å². The highest BCUT2D eigenvalue weighted by Gasteiger charge is 2.21. The molecule has 0 aliphatic carbocycles. The van der Waals surface area contributed by atoms with Crippen molar-refractivity contribution in [1.29, 1.82) is 0 Å². The zero-order valence-corrected chi connectivity index (χ0v) is 16.6. The lowest BCUT2D eigenvalue weighted by Crippen LogP contribution is -2.32. The van der Waals surface area contributed by atoms with Crippen molar-refractivity contribution < 1.29 is 14.3 Å². The molecule has 2 rings (SSSR count). The minimum atomic E-state index is -0.573. The summed E-state index contributed by atoms with van der Waals surface area (Å²) in [5.74, 6) is -0.701. The molecule has 1 aromatic heterocycles. The van der Waals surface area contributed by atoms with Crippen LogP contribution in [0, 0.1) is 0 Å². The molecular weight excluding hydrogens is 388 g/mol. The average molecular weight is 409 g/mol. The van der Waals surface area contributed by atoms with E-state index in [0.29, 0.717) is 23.1 Å². The van der Waals surface area contributed by atoms with Crippen molar-refractivity contribution in [2.75, 3.05) is 12.3 Å². The van der Waals surface area contributed by atoms with Gasteiger partial charge in [0.1, 0.15) is 11.4 Å². The fraction of sp³-hybridized carbons (Fsp3) is 0.333. The topological polar surface area (TPSA) is 107 Å². The third-order valence-corrected chi connectivity index (χ3v) is 5.22. The second kappa shape index (κ2) is 10.1. The lowest BCUT2D eigenvalue weighted by atomic mass is 10.2. The van der Waals surface area contributed by atoms with Gasteiger partial charge in [0.15, 0.2) is 5.16 Å². The maximum atomic E-state index is 12.5. The maximum Gasteiger partial charge on any atom is 0.343 e. The van der Waals surface area contributed by atoms with E-state index in [9.17, 15) is 9.59 Å². The maximum absolute atomic E-state index is 12.5. The second-order valence-electron chi connectivity index (χ2n) is 5.50. The molecule has 0 saturated heterocycles. The number of nitrogens with two attached hydrogens (primary N) is 1. The van der Waals surface area contributed by atoms with Crippen molar-refractivity contribution in [3.63, 3.8) is 0 Å². The first kappa shape index (κ1) is 21.0. The van der Waals surface area contributed by atoms with E-state index in [1.54, 1.807) is 13.0 Å². The first-order chi connectivity index (χ1) is 13.0. The summed E-state index contributed by atoms with van der Waals surface area (Å²) in [4.78, 5) is 32.4. The standard InChI is InChI=1S/C18H21ClN4O3S/c1-3-14(16(24)21-9-11-7-5-6-8-13(11)19)27-18-22-10-12(15(20)23-18)17(25)26-4-2/h5-8,10,14H,3-4,9H2,1-2H3,(H,21,24)(H2,20,22,23)/t14-/m0/s1. The molecule has 7 nitrogen and oxygen atoms in total. The molecule has 0 bridgehead atoms.